The van der Waals surface area contributed by atoms with Gasteiger partial charge in [0, 0.05) is 5.56 Å². The monoisotopic (exact) mass is 218 g/mol. The minimum atomic E-state index is -4.28. The van der Waals surface area contributed by atoms with Crippen LogP contribution in [-0.4, -0.2) is 11.3 Å². The van der Waals surface area contributed by atoms with E-state index in [0.29, 0.717) is 5.56 Å². The molecule has 4 heteroatoms. The number of benzene rings is 1. The second-order valence-electron chi connectivity index (χ2n) is 3.80. The van der Waals surface area contributed by atoms with Crippen LogP contribution >= 0.6 is 0 Å². The molecule has 0 radical (unpaired) electrons. The van der Waals surface area contributed by atoms with Crippen LogP contribution in [-0.2, 0) is 6.42 Å². The standard InChI is InChI=1S/C11H13F3O/c1-7(2)9-5-3-4-8(10(9)15)6-11(12,13)14/h3-5,7,15H,6H2,1-2H3. The minimum Gasteiger partial charge on any atom is -0.507 e. The second-order valence-corrected chi connectivity index (χ2v) is 3.80. The normalized spacial score (nSPS) is 12.1. The van der Waals surface area contributed by atoms with E-state index < -0.39 is 12.6 Å². The van der Waals surface area contributed by atoms with Crippen molar-refractivity contribution in [3.05, 3.63) is 29.3 Å². The molecular formula is C11H13F3O. The van der Waals surface area contributed by atoms with Gasteiger partial charge in [-0.2, -0.15) is 13.2 Å². The highest BCUT2D eigenvalue weighted by molar-refractivity contribution is 5.42. The molecule has 1 N–H and O–H groups in total. The maximum Gasteiger partial charge on any atom is 0.393 e. The lowest BCUT2D eigenvalue weighted by Crippen LogP contribution is -2.12. The Morgan fingerprint density at radius 1 is 1.27 bits per heavy atom. The summed E-state index contributed by atoms with van der Waals surface area (Å²) in [7, 11) is 0. The number of phenolic OH excluding ortho intramolecular Hbond substituents is 1. The summed E-state index contributed by atoms with van der Waals surface area (Å²) < 4.78 is 36.4. The third-order valence-corrected chi connectivity index (χ3v) is 2.16. The highest BCUT2D eigenvalue weighted by atomic mass is 19.4. The first kappa shape index (κ1) is 11.9. The summed E-state index contributed by atoms with van der Waals surface area (Å²) in [6.45, 7) is 3.65. The summed E-state index contributed by atoms with van der Waals surface area (Å²) in [5, 5.41) is 9.62. The van der Waals surface area contributed by atoms with Crippen LogP contribution in [0.5, 0.6) is 5.75 Å². The van der Waals surface area contributed by atoms with Crippen molar-refractivity contribution in [1.29, 1.82) is 0 Å². The van der Waals surface area contributed by atoms with E-state index in [-0.39, 0.29) is 17.2 Å². The van der Waals surface area contributed by atoms with Gasteiger partial charge in [0.05, 0.1) is 6.42 Å². The molecule has 0 aromatic heterocycles. The first-order valence-corrected chi connectivity index (χ1v) is 4.69. The fourth-order valence-corrected chi connectivity index (χ4v) is 1.44. The highest BCUT2D eigenvalue weighted by Crippen LogP contribution is 2.32. The van der Waals surface area contributed by atoms with Crippen molar-refractivity contribution in [3.63, 3.8) is 0 Å². The van der Waals surface area contributed by atoms with Crippen LogP contribution in [0.4, 0.5) is 13.2 Å². The van der Waals surface area contributed by atoms with Crippen molar-refractivity contribution >= 4 is 0 Å². The molecule has 0 saturated carbocycles. The van der Waals surface area contributed by atoms with Crippen LogP contribution < -0.4 is 0 Å². The number of aromatic hydroxyl groups is 1. The number of para-hydroxylation sites is 1. The molecule has 1 rings (SSSR count). The average molecular weight is 218 g/mol. The predicted molar refractivity (Wildman–Crippen MR) is 52.0 cm³/mol. The van der Waals surface area contributed by atoms with Crippen LogP contribution in [0.1, 0.15) is 30.9 Å². The van der Waals surface area contributed by atoms with E-state index in [2.05, 4.69) is 0 Å². The van der Waals surface area contributed by atoms with E-state index in [1.807, 2.05) is 13.8 Å². The van der Waals surface area contributed by atoms with Crippen molar-refractivity contribution in [1.82, 2.24) is 0 Å². The van der Waals surface area contributed by atoms with Gasteiger partial charge >= 0.3 is 6.18 Å². The summed E-state index contributed by atoms with van der Waals surface area (Å²) in [6, 6.07) is 4.48. The zero-order valence-corrected chi connectivity index (χ0v) is 8.60. The Bertz CT molecular complexity index is 342. The van der Waals surface area contributed by atoms with E-state index in [9.17, 15) is 18.3 Å². The Kier molecular flexibility index (Phi) is 3.27. The van der Waals surface area contributed by atoms with E-state index in [0.717, 1.165) is 0 Å². The van der Waals surface area contributed by atoms with Gasteiger partial charge < -0.3 is 5.11 Å². The lowest BCUT2D eigenvalue weighted by atomic mass is 9.98. The zero-order chi connectivity index (χ0) is 11.6. The van der Waals surface area contributed by atoms with Crippen molar-refractivity contribution in [2.45, 2.75) is 32.4 Å². The molecule has 0 aliphatic heterocycles. The fourth-order valence-electron chi connectivity index (χ4n) is 1.44. The summed E-state index contributed by atoms with van der Waals surface area (Å²) >= 11 is 0. The topological polar surface area (TPSA) is 20.2 Å². The largest absolute Gasteiger partial charge is 0.507 e. The Hall–Kier alpha value is -1.19. The average Bonchev–Trinajstić information content (AvgIpc) is 2.05. The molecule has 0 heterocycles. The number of rotatable bonds is 2. The molecule has 0 aliphatic rings. The third-order valence-electron chi connectivity index (χ3n) is 2.16. The smallest absolute Gasteiger partial charge is 0.393 e. The molecule has 0 aliphatic carbocycles. The van der Waals surface area contributed by atoms with E-state index in [1.165, 1.54) is 12.1 Å². The molecule has 0 spiro atoms. The molecular weight excluding hydrogens is 205 g/mol. The first-order valence-electron chi connectivity index (χ1n) is 4.69. The molecule has 15 heavy (non-hydrogen) atoms. The maximum atomic E-state index is 12.1. The van der Waals surface area contributed by atoms with Gasteiger partial charge in [-0.15, -0.1) is 0 Å². The number of alkyl halides is 3. The lowest BCUT2D eigenvalue weighted by molar-refractivity contribution is -0.127. The van der Waals surface area contributed by atoms with E-state index >= 15 is 0 Å². The predicted octanol–water partition coefficient (Wildman–Crippen LogP) is 3.62. The minimum absolute atomic E-state index is 0.0122. The summed E-state index contributed by atoms with van der Waals surface area (Å²) in [6.07, 6.45) is -5.37. The first-order chi connectivity index (χ1) is 6.81. The molecule has 0 atom stereocenters. The van der Waals surface area contributed by atoms with Crippen LogP contribution in [0.2, 0.25) is 0 Å². The quantitative estimate of drug-likeness (QED) is 0.803. The van der Waals surface area contributed by atoms with E-state index in [1.54, 1.807) is 6.07 Å². The number of halogens is 3. The number of phenols is 1. The summed E-state index contributed by atoms with van der Waals surface area (Å²) in [5.41, 5.74) is 0.491. The zero-order valence-electron chi connectivity index (χ0n) is 8.60. The SMILES string of the molecule is CC(C)c1cccc(CC(F)(F)F)c1O. The molecule has 1 nitrogen and oxygen atoms in total. The van der Waals surface area contributed by atoms with Gasteiger partial charge in [-0.3, -0.25) is 0 Å². The Morgan fingerprint density at radius 2 is 1.87 bits per heavy atom. The molecule has 0 unspecified atom stereocenters. The lowest BCUT2D eigenvalue weighted by Gasteiger charge is -2.13. The molecule has 1 aromatic carbocycles. The van der Waals surface area contributed by atoms with Gasteiger partial charge in [0.15, 0.2) is 0 Å². The number of hydrogen-bond acceptors (Lipinski definition) is 1. The Balaban J connectivity index is 3.05. The van der Waals surface area contributed by atoms with Crippen LogP contribution in [0, 0.1) is 0 Å². The molecule has 84 valence electrons. The molecule has 0 saturated heterocycles. The van der Waals surface area contributed by atoms with E-state index in [4.69, 9.17) is 0 Å². The van der Waals surface area contributed by atoms with Gasteiger partial charge in [0.2, 0.25) is 0 Å². The third kappa shape index (κ3) is 3.15. The Morgan fingerprint density at radius 3 is 2.33 bits per heavy atom. The second kappa shape index (κ2) is 4.13. The Labute approximate surface area is 86.5 Å². The van der Waals surface area contributed by atoms with Crippen molar-refractivity contribution in [3.8, 4) is 5.75 Å². The van der Waals surface area contributed by atoms with Crippen molar-refractivity contribution in [2.75, 3.05) is 0 Å². The highest BCUT2D eigenvalue weighted by Gasteiger charge is 2.29. The molecule has 0 fully saturated rings. The maximum absolute atomic E-state index is 12.1. The van der Waals surface area contributed by atoms with Gasteiger partial charge in [-0.05, 0) is 11.5 Å². The molecule has 1 aromatic rings. The van der Waals surface area contributed by atoms with Gasteiger partial charge in [0.1, 0.15) is 5.75 Å². The summed E-state index contributed by atoms with van der Waals surface area (Å²) in [4.78, 5) is 0. The van der Waals surface area contributed by atoms with Crippen LogP contribution in [0.3, 0.4) is 0 Å². The fraction of sp³-hybridized carbons (Fsp3) is 0.455. The number of hydrogen-bond donors (Lipinski definition) is 1. The van der Waals surface area contributed by atoms with Crippen LogP contribution in [0.25, 0.3) is 0 Å². The summed E-state index contributed by atoms with van der Waals surface area (Å²) in [5.74, 6) is -0.219. The van der Waals surface area contributed by atoms with Crippen molar-refractivity contribution in [2.24, 2.45) is 0 Å². The van der Waals surface area contributed by atoms with Gasteiger partial charge in [-0.25, -0.2) is 0 Å². The van der Waals surface area contributed by atoms with Gasteiger partial charge in [0.25, 0.3) is 0 Å². The molecule has 0 bridgehead atoms. The van der Waals surface area contributed by atoms with Crippen molar-refractivity contribution < 1.29 is 18.3 Å². The van der Waals surface area contributed by atoms with Gasteiger partial charge in [-0.1, -0.05) is 32.0 Å². The molecule has 0 amide bonds. The van der Waals surface area contributed by atoms with Crippen LogP contribution in [0.15, 0.2) is 18.2 Å².